The first-order chi connectivity index (χ1) is 13.3. The molecule has 2 aliphatic heterocycles. The van der Waals surface area contributed by atoms with Crippen molar-refractivity contribution in [2.45, 2.75) is 57.3 Å². The molecule has 2 aromatic carbocycles. The predicted molar refractivity (Wildman–Crippen MR) is 108 cm³/mol. The van der Waals surface area contributed by atoms with Crippen LogP contribution in [0.3, 0.4) is 0 Å². The van der Waals surface area contributed by atoms with Crippen LogP contribution in [-0.2, 0) is 16.0 Å². The highest BCUT2D eigenvalue weighted by molar-refractivity contribution is 6.31. The summed E-state index contributed by atoms with van der Waals surface area (Å²) in [5.41, 5.74) is 2.42. The van der Waals surface area contributed by atoms with Crippen LogP contribution in [-0.4, -0.2) is 22.8 Å². The molecule has 0 spiro atoms. The molecule has 1 saturated heterocycles. The number of benzene rings is 2. The van der Waals surface area contributed by atoms with Gasteiger partial charge in [0.1, 0.15) is 11.4 Å². The van der Waals surface area contributed by atoms with Crippen LogP contribution in [0.2, 0.25) is 5.02 Å². The normalized spacial score (nSPS) is 28.0. The zero-order valence-corrected chi connectivity index (χ0v) is 17.1. The van der Waals surface area contributed by atoms with Crippen LogP contribution >= 0.6 is 11.6 Å². The van der Waals surface area contributed by atoms with Gasteiger partial charge in [0.2, 0.25) is 0 Å². The fourth-order valence-corrected chi connectivity index (χ4v) is 4.94. The lowest BCUT2D eigenvalue weighted by Crippen LogP contribution is -2.50. The lowest BCUT2D eigenvalue weighted by Gasteiger charge is -2.51. The Labute approximate surface area is 170 Å². The molecule has 2 aliphatic rings. The van der Waals surface area contributed by atoms with Crippen molar-refractivity contribution in [2.24, 2.45) is 5.92 Å². The van der Waals surface area contributed by atoms with E-state index in [4.69, 9.17) is 26.2 Å². The second-order valence-corrected chi connectivity index (χ2v) is 8.79. The molecule has 4 atom stereocenters. The first-order valence-electron chi connectivity index (χ1n) is 9.70. The number of rotatable bonds is 3. The molecule has 0 bridgehead atoms. The summed E-state index contributed by atoms with van der Waals surface area (Å²) < 4.78 is 12.9. The average molecular weight is 401 g/mol. The molecular weight excluding hydrogens is 376 g/mol. The summed E-state index contributed by atoms with van der Waals surface area (Å²) in [5.74, 6) is 0.258. The van der Waals surface area contributed by atoms with Crippen molar-refractivity contribution >= 4 is 17.6 Å². The number of halogens is 1. The lowest BCUT2D eigenvalue weighted by atomic mass is 9.70. The minimum atomic E-state index is -0.842. The highest BCUT2D eigenvalue weighted by Gasteiger charge is 2.50. The van der Waals surface area contributed by atoms with E-state index in [9.17, 15) is 4.79 Å². The van der Waals surface area contributed by atoms with E-state index in [1.807, 2.05) is 36.4 Å². The minimum absolute atomic E-state index is 0.00807. The Balaban J connectivity index is 1.71. The van der Waals surface area contributed by atoms with Crippen LogP contribution in [0.4, 0.5) is 0 Å². The number of aliphatic carboxylic acids is 1. The Morgan fingerprint density at radius 2 is 1.96 bits per heavy atom. The summed E-state index contributed by atoms with van der Waals surface area (Å²) in [5, 5.41) is 9.90. The first-order valence-corrected chi connectivity index (χ1v) is 10.1. The van der Waals surface area contributed by atoms with Crippen molar-refractivity contribution in [3.63, 3.8) is 0 Å². The molecule has 0 radical (unpaired) electrons. The third-order valence-electron chi connectivity index (χ3n) is 6.11. The van der Waals surface area contributed by atoms with Crippen LogP contribution < -0.4 is 4.74 Å². The van der Waals surface area contributed by atoms with Crippen molar-refractivity contribution in [1.82, 2.24) is 0 Å². The van der Waals surface area contributed by atoms with E-state index in [2.05, 4.69) is 26.8 Å². The molecule has 0 aromatic heterocycles. The van der Waals surface area contributed by atoms with Gasteiger partial charge in [-0.15, -0.1) is 0 Å². The molecule has 0 aliphatic carbocycles. The Morgan fingerprint density at radius 3 is 2.68 bits per heavy atom. The zero-order valence-electron chi connectivity index (χ0n) is 16.3. The maximum Gasteiger partial charge on any atom is 0.307 e. The van der Waals surface area contributed by atoms with Crippen molar-refractivity contribution in [3.8, 4) is 5.75 Å². The maximum atomic E-state index is 11.1. The van der Waals surface area contributed by atoms with E-state index in [1.54, 1.807) is 0 Å². The molecule has 0 amide bonds. The summed E-state index contributed by atoms with van der Waals surface area (Å²) in [4.78, 5) is 11.1. The van der Waals surface area contributed by atoms with Crippen LogP contribution in [0.15, 0.2) is 42.5 Å². The third kappa shape index (κ3) is 3.40. The van der Waals surface area contributed by atoms with Gasteiger partial charge in [0.25, 0.3) is 0 Å². The molecule has 4 nitrogen and oxygen atoms in total. The first kappa shape index (κ1) is 19.3. The van der Waals surface area contributed by atoms with E-state index in [1.165, 1.54) is 0 Å². The number of carboxylic acids is 1. The molecule has 0 unspecified atom stereocenters. The highest BCUT2D eigenvalue weighted by atomic mass is 35.5. The molecule has 148 valence electrons. The fourth-order valence-electron chi connectivity index (χ4n) is 4.66. The molecule has 4 rings (SSSR count). The molecule has 0 saturated carbocycles. The van der Waals surface area contributed by atoms with Gasteiger partial charge in [0, 0.05) is 22.4 Å². The number of carboxylic acid groups (broad SMARTS) is 1. The summed E-state index contributed by atoms with van der Waals surface area (Å²) >= 11 is 6.48. The van der Waals surface area contributed by atoms with Gasteiger partial charge >= 0.3 is 5.97 Å². The fraction of sp³-hybridized carbons (Fsp3) is 0.435. The number of carbonyl (C=O) groups is 1. The van der Waals surface area contributed by atoms with Crippen LogP contribution in [0.25, 0.3) is 0 Å². The second kappa shape index (κ2) is 7.09. The topological polar surface area (TPSA) is 55.8 Å². The Bertz CT molecular complexity index is 907. The maximum absolute atomic E-state index is 11.1. The monoisotopic (exact) mass is 400 g/mol. The Morgan fingerprint density at radius 1 is 1.21 bits per heavy atom. The molecule has 28 heavy (non-hydrogen) atoms. The SMILES string of the molecule is C[C@@H]1O[C@@H]2c3cc(CC(=O)O)ccc3OC(C)(C)[C@H]2C[C@H]1c1ccccc1Cl. The Kier molecular flexibility index (Phi) is 4.88. The number of fused-ring (bicyclic) bond motifs is 3. The van der Waals surface area contributed by atoms with Crippen molar-refractivity contribution in [1.29, 1.82) is 0 Å². The summed E-state index contributed by atoms with van der Waals surface area (Å²) in [6.07, 6.45) is 0.754. The van der Waals surface area contributed by atoms with Gasteiger partial charge in [-0.2, -0.15) is 0 Å². The molecule has 2 aromatic rings. The third-order valence-corrected chi connectivity index (χ3v) is 6.45. The van der Waals surface area contributed by atoms with Crippen LogP contribution in [0.1, 0.15) is 55.9 Å². The summed E-state index contributed by atoms with van der Waals surface area (Å²) in [7, 11) is 0. The van der Waals surface area contributed by atoms with E-state index in [-0.39, 0.29) is 30.5 Å². The average Bonchev–Trinajstić information content (AvgIpc) is 2.62. The second-order valence-electron chi connectivity index (χ2n) is 8.38. The van der Waals surface area contributed by atoms with Crippen molar-refractivity contribution in [3.05, 3.63) is 64.2 Å². The lowest BCUT2D eigenvalue weighted by molar-refractivity contribution is -0.153. The van der Waals surface area contributed by atoms with Gasteiger partial charge in [0.05, 0.1) is 18.6 Å². The highest BCUT2D eigenvalue weighted by Crippen LogP contribution is 2.54. The van der Waals surface area contributed by atoms with Gasteiger partial charge in [-0.1, -0.05) is 35.9 Å². The molecular formula is C23H25ClO4. The van der Waals surface area contributed by atoms with Gasteiger partial charge in [-0.25, -0.2) is 0 Å². The van der Waals surface area contributed by atoms with Crippen molar-refractivity contribution < 1.29 is 19.4 Å². The van der Waals surface area contributed by atoms with E-state index in [0.717, 1.165) is 33.9 Å². The number of hydrogen-bond donors (Lipinski definition) is 1. The summed E-state index contributed by atoms with van der Waals surface area (Å²) in [6.45, 7) is 6.29. The molecule has 2 heterocycles. The number of hydrogen-bond acceptors (Lipinski definition) is 3. The summed E-state index contributed by atoms with van der Waals surface area (Å²) in [6, 6.07) is 13.6. The van der Waals surface area contributed by atoms with Gasteiger partial charge in [-0.05, 0) is 56.5 Å². The quantitative estimate of drug-likeness (QED) is 0.750. The predicted octanol–water partition coefficient (Wildman–Crippen LogP) is 5.39. The van der Waals surface area contributed by atoms with Gasteiger partial charge in [0.15, 0.2) is 0 Å². The minimum Gasteiger partial charge on any atom is -0.487 e. The Hall–Kier alpha value is -2.04. The van der Waals surface area contributed by atoms with Crippen LogP contribution in [0, 0.1) is 5.92 Å². The van der Waals surface area contributed by atoms with Crippen LogP contribution in [0.5, 0.6) is 5.75 Å². The zero-order chi connectivity index (χ0) is 20.1. The smallest absolute Gasteiger partial charge is 0.307 e. The standard InChI is InChI=1S/C23H25ClO4/c1-13-16(15-6-4-5-7-19(15)24)12-18-22(27-13)17-10-14(11-21(25)26)8-9-20(17)28-23(18,2)3/h4-10,13,16,18,22H,11-12H2,1-3H3,(H,25,26)/t13-,16+,18-,22+/m0/s1. The molecule has 1 N–H and O–H groups in total. The number of ether oxygens (including phenoxy) is 2. The van der Waals surface area contributed by atoms with Gasteiger partial charge in [-0.3, -0.25) is 4.79 Å². The molecule has 5 heteroatoms. The van der Waals surface area contributed by atoms with E-state index in [0.29, 0.717) is 0 Å². The van der Waals surface area contributed by atoms with E-state index >= 15 is 0 Å². The molecule has 1 fully saturated rings. The van der Waals surface area contributed by atoms with E-state index < -0.39 is 11.6 Å². The largest absolute Gasteiger partial charge is 0.487 e. The van der Waals surface area contributed by atoms with Gasteiger partial charge < -0.3 is 14.6 Å². The van der Waals surface area contributed by atoms with Crippen molar-refractivity contribution in [2.75, 3.05) is 0 Å².